The Labute approximate surface area is 144 Å². The van der Waals surface area contributed by atoms with Crippen molar-refractivity contribution in [2.75, 3.05) is 10.6 Å². The van der Waals surface area contributed by atoms with Gasteiger partial charge in [-0.3, -0.25) is 14.6 Å². The van der Waals surface area contributed by atoms with E-state index in [-0.39, 0.29) is 17.4 Å². The lowest BCUT2D eigenvalue weighted by atomic mass is 10.1. The molecule has 0 bridgehead atoms. The van der Waals surface area contributed by atoms with Crippen LogP contribution >= 0.6 is 0 Å². The van der Waals surface area contributed by atoms with Crippen LogP contribution in [0.4, 0.5) is 17.2 Å². The lowest BCUT2D eigenvalue weighted by Crippen LogP contribution is -2.14. The molecule has 0 spiro atoms. The molecule has 1 aromatic carbocycles. The van der Waals surface area contributed by atoms with Crippen LogP contribution in [0.2, 0.25) is 0 Å². The number of anilines is 3. The van der Waals surface area contributed by atoms with Crippen LogP contribution in [0.25, 0.3) is 0 Å². The van der Waals surface area contributed by atoms with Gasteiger partial charge in [0.15, 0.2) is 11.6 Å². The van der Waals surface area contributed by atoms with Gasteiger partial charge in [0.1, 0.15) is 11.5 Å². The van der Waals surface area contributed by atoms with E-state index in [9.17, 15) is 9.59 Å². The Bertz CT molecular complexity index is 916. The van der Waals surface area contributed by atoms with Crippen LogP contribution in [-0.2, 0) is 0 Å². The Balaban J connectivity index is 1.71. The fourth-order valence-corrected chi connectivity index (χ4v) is 2.19. The number of rotatable bonds is 5. The summed E-state index contributed by atoms with van der Waals surface area (Å²) in [4.78, 5) is 27.7. The highest BCUT2D eigenvalue weighted by molar-refractivity contribution is 6.03. The number of carbonyl (C=O) groups excluding carboxylic acids is 2. The summed E-state index contributed by atoms with van der Waals surface area (Å²) >= 11 is 0. The van der Waals surface area contributed by atoms with Crippen molar-refractivity contribution in [3.63, 3.8) is 0 Å². The molecule has 7 heteroatoms. The standard InChI is InChI=1S/C18H16N4O3/c1-11-9-17(22-25-11)20-15-7-8-19-16(10-15)18(24)21-14-5-3-13(4-6-14)12(2)23/h3-10H,1-2H3,(H,21,24)(H,19,20,22). The highest BCUT2D eigenvalue weighted by atomic mass is 16.5. The van der Waals surface area contributed by atoms with E-state index < -0.39 is 0 Å². The minimum Gasteiger partial charge on any atom is -0.360 e. The van der Waals surface area contributed by atoms with E-state index in [0.717, 1.165) is 0 Å². The summed E-state index contributed by atoms with van der Waals surface area (Å²) < 4.78 is 4.99. The number of Topliss-reactive ketones (excluding diaryl/α,β-unsaturated/α-hetero) is 1. The van der Waals surface area contributed by atoms with Gasteiger partial charge in [0.25, 0.3) is 5.91 Å². The number of nitrogens with zero attached hydrogens (tertiary/aromatic N) is 2. The molecule has 0 fully saturated rings. The zero-order valence-electron chi connectivity index (χ0n) is 13.7. The maximum absolute atomic E-state index is 12.3. The Hall–Kier alpha value is -3.48. The van der Waals surface area contributed by atoms with Gasteiger partial charge < -0.3 is 15.2 Å². The van der Waals surface area contributed by atoms with Crippen LogP contribution in [0.5, 0.6) is 0 Å². The fraction of sp³-hybridized carbons (Fsp3) is 0.111. The van der Waals surface area contributed by atoms with Crippen LogP contribution in [0.15, 0.2) is 53.2 Å². The lowest BCUT2D eigenvalue weighted by molar-refractivity contribution is 0.101. The van der Waals surface area contributed by atoms with E-state index in [4.69, 9.17) is 4.52 Å². The first kappa shape index (κ1) is 16.4. The van der Waals surface area contributed by atoms with Crippen molar-refractivity contribution in [1.82, 2.24) is 10.1 Å². The maximum atomic E-state index is 12.3. The Kier molecular flexibility index (Phi) is 4.56. The van der Waals surface area contributed by atoms with Crippen LogP contribution in [0, 0.1) is 6.92 Å². The average Bonchev–Trinajstić information content (AvgIpc) is 3.00. The highest BCUT2D eigenvalue weighted by Gasteiger charge is 2.10. The van der Waals surface area contributed by atoms with Gasteiger partial charge in [0.2, 0.25) is 0 Å². The third-order valence-electron chi connectivity index (χ3n) is 3.44. The topological polar surface area (TPSA) is 97.1 Å². The van der Waals surface area contributed by atoms with Gasteiger partial charge in [-0.05, 0) is 50.2 Å². The third-order valence-corrected chi connectivity index (χ3v) is 3.44. The minimum absolute atomic E-state index is 0.0265. The number of hydrogen-bond acceptors (Lipinski definition) is 6. The highest BCUT2D eigenvalue weighted by Crippen LogP contribution is 2.17. The SMILES string of the molecule is CC(=O)c1ccc(NC(=O)c2cc(Nc3cc(C)on3)ccn2)cc1. The number of pyridine rings is 1. The predicted octanol–water partition coefficient (Wildman–Crippen LogP) is 3.58. The van der Waals surface area contributed by atoms with Gasteiger partial charge in [-0.25, -0.2) is 0 Å². The molecule has 0 saturated heterocycles. The minimum atomic E-state index is -0.351. The summed E-state index contributed by atoms with van der Waals surface area (Å²) in [6.45, 7) is 3.29. The zero-order valence-corrected chi connectivity index (χ0v) is 13.7. The molecule has 25 heavy (non-hydrogen) atoms. The number of carbonyl (C=O) groups is 2. The van der Waals surface area contributed by atoms with E-state index in [1.807, 2.05) is 0 Å². The molecule has 0 atom stereocenters. The molecule has 0 saturated carbocycles. The van der Waals surface area contributed by atoms with Gasteiger partial charge in [-0.2, -0.15) is 0 Å². The lowest BCUT2D eigenvalue weighted by Gasteiger charge is -2.07. The molecule has 0 radical (unpaired) electrons. The smallest absolute Gasteiger partial charge is 0.274 e. The molecule has 2 N–H and O–H groups in total. The molecule has 7 nitrogen and oxygen atoms in total. The summed E-state index contributed by atoms with van der Waals surface area (Å²) in [6.07, 6.45) is 1.53. The van der Waals surface area contributed by atoms with Crippen molar-refractivity contribution in [1.29, 1.82) is 0 Å². The molecule has 2 heterocycles. The number of aromatic nitrogens is 2. The summed E-state index contributed by atoms with van der Waals surface area (Å²) in [5.41, 5.74) is 2.09. The quantitative estimate of drug-likeness (QED) is 0.691. The normalized spacial score (nSPS) is 10.3. The second-order valence-corrected chi connectivity index (χ2v) is 5.47. The van der Waals surface area contributed by atoms with E-state index in [0.29, 0.717) is 28.5 Å². The van der Waals surface area contributed by atoms with Gasteiger partial charge in [0, 0.05) is 29.2 Å². The number of amides is 1. The molecule has 3 rings (SSSR count). The first-order chi connectivity index (χ1) is 12.0. The Morgan fingerprint density at radius 1 is 1.04 bits per heavy atom. The molecule has 126 valence electrons. The van der Waals surface area contributed by atoms with E-state index in [1.165, 1.54) is 13.1 Å². The molecule has 0 unspecified atom stereocenters. The number of nitrogens with one attached hydrogen (secondary N) is 2. The molecule has 2 aromatic heterocycles. The van der Waals surface area contributed by atoms with Gasteiger partial charge in [0.05, 0.1) is 0 Å². The third kappa shape index (κ3) is 4.08. The molecule has 0 aliphatic carbocycles. The monoisotopic (exact) mass is 336 g/mol. The molecule has 1 amide bonds. The van der Waals surface area contributed by atoms with Gasteiger partial charge in [-0.1, -0.05) is 5.16 Å². The van der Waals surface area contributed by atoms with Crippen molar-refractivity contribution in [2.24, 2.45) is 0 Å². The zero-order chi connectivity index (χ0) is 17.8. The van der Waals surface area contributed by atoms with E-state index in [1.54, 1.807) is 49.4 Å². The molecular weight excluding hydrogens is 320 g/mol. The number of aryl methyl sites for hydroxylation is 1. The average molecular weight is 336 g/mol. The Morgan fingerprint density at radius 2 is 1.80 bits per heavy atom. The largest absolute Gasteiger partial charge is 0.360 e. The van der Waals surface area contributed by atoms with E-state index in [2.05, 4.69) is 20.8 Å². The Morgan fingerprint density at radius 3 is 2.44 bits per heavy atom. The molecule has 0 aliphatic rings. The van der Waals surface area contributed by atoms with Crippen molar-refractivity contribution in [2.45, 2.75) is 13.8 Å². The second kappa shape index (κ2) is 6.96. The first-order valence-corrected chi connectivity index (χ1v) is 7.60. The maximum Gasteiger partial charge on any atom is 0.274 e. The van der Waals surface area contributed by atoms with Gasteiger partial charge >= 0.3 is 0 Å². The van der Waals surface area contributed by atoms with Crippen molar-refractivity contribution in [3.8, 4) is 0 Å². The second-order valence-electron chi connectivity index (χ2n) is 5.47. The molecule has 3 aromatic rings. The number of hydrogen-bond donors (Lipinski definition) is 2. The van der Waals surface area contributed by atoms with E-state index >= 15 is 0 Å². The van der Waals surface area contributed by atoms with Crippen LogP contribution in [0.1, 0.15) is 33.5 Å². The van der Waals surface area contributed by atoms with Crippen LogP contribution < -0.4 is 10.6 Å². The number of benzene rings is 1. The van der Waals surface area contributed by atoms with Crippen LogP contribution in [-0.4, -0.2) is 21.8 Å². The molecule has 0 aliphatic heterocycles. The fourth-order valence-electron chi connectivity index (χ4n) is 2.19. The first-order valence-electron chi connectivity index (χ1n) is 7.60. The summed E-state index contributed by atoms with van der Waals surface area (Å²) in [7, 11) is 0. The van der Waals surface area contributed by atoms with Crippen molar-refractivity contribution < 1.29 is 14.1 Å². The number of ketones is 1. The predicted molar refractivity (Wildman–Crippen MR) is 93.2 cm³/mol. The van der Waals surface area contributed by atoms with Crippen molar-refractivity contribution in [3.05, 3.63) is 65.7 Å². The van der Waals surface area contributed by atoms with Crippen LogP contribution in [0.3, 0.4) is 0 Å². The summed E-state index contributed by atoms with van der Waals surface area (Å²) in [5.74, 6) is 0.857. The molecular formula is C18H16N4O3. The van der Waals surface area contributed by atoms with Gasteiger partial charge in [-0.15, -0.1) is 0 Å². The summed E-state index contributed by atoms with van der Waals surface area (Å²) in [6, 6.07) is 11.8. The van der Waals surface area contributed by atoms with Crippen molar-refractivity contribution >= 4 is 28.9 Å². The summed E-state index contributed by atoms with van der Waals surface area (Å²) in [5, 5.41) is 9.63.